The molecule has 1 aromatic rings. The summed E-state index contributed by atoms with van der Waals surface area (Å²) in [6, 6.07) is 9.38. The molecule has 2 unspecified atom stereocenters. The summed E-state index contributed by atoms with van der Waals surface area (Å²) < 4.78 is 5.43. The minimum Gasteiger partial charge on any atom is -0.444 e. The minimum absolute atomic E-state index is 0.0499. The van der Waals surface area contributed by atoms with Crippen LogP contribution < -0.4 is 5.48 Å². The van der Waals surface area contributed by atoms with Crippen LogP contribution >= 0.6 is 0 Å². The zero-order valence-corrected chi connectivity index (χ0v) is 20.9. The van der Waals surface area contributed by atoms with Crippen LogP contribution in [0, 0.1) is 5.92 Å². The molecule has 0 radical (unpaired) electrons. The molecule has 10 heteroatoms. The Kier molecular flexibility index (Phi) is 8.28. The number of aliphatic hydroxyl groups is 1. The van der Waals surface area contributed by atoms with Crippen LogP contribution in [0.4, 0.5) is 4.79 Å². The Morgan fingerprint density at radius 1 is 1.09 bits per heavy atom. The summed E-state index contributed by atoms with van der Waals surface area (Å²) in [4.78, 5) is 39.9. The summed E-state index contributed by atoms with van der Waals surface area (Å²) in [5.41, 5.74) is 3.10. The van der Waals surface area contributed by atoms with Crippen LogP contribution in [0.25, 0.3) is 0 Å². The van der Waals surface area contributed by atoms with Crippen molar-refractivity contribution < 1.29 is 29.1 Å². The standard InChI is InChI=1S/C25H38N4O6/c1-25(2,3)35-24(32)27-13-11-19(12-14-27)16-33-26-22(30)21-10-9-20-15-28(21)23(31)29(20)34-17-18-7-5-4-6-8-18/h4-8,19-21,23,31H,9-17H2,1-3H3,(H,26,30)/t20-,21+,23?/m1/s1. The number of carbonyl (C=O) groups excluding carboxylic acids is 2. The van der Waals surface area contributed by atoms with Gasteiger partial charge in [-0.25, -0.2) is 10.3 Å². The zero-order valence-electron chi connectivity index (χ0n) is 20.9. The van der Waals surface area contributed by atoms with Gasteiger partial charge >= 0.3 is 6.09 Å². The number of carbonyl (C=O) groups is 2. The van der Waals surface area contributed by atoms with Gasteiger partial charge in [-0.15, -0.1) is 5.06 Å². The highest BCUT2D eigenvalue weighted by Crippen LogP contribution is 2.32. The van der Waals surface area contributed by atoms with E-state index < -0.39 is 18.0 Å². The van der Waals surface area contributed by atoms with E-state index in [1.54, 1.807) is 14.9 Å². The average molecular weight is 491 g/mol. The maximum atomic E-state index is 12.8. The number of hydrogen-bond acceptors (Lipinski definition) is 8. The van der Waals surface area contributed by atoms with Gasteiger partial charge in [-0.3, -0.25) is 19.4 Å². The minimum atomic E-state index is -0.973. The molecule has 2 bridgehead atoms. The lowest BCUT2D eigenvalue weighted by atomic mass is 9.98. The number of hydroxylamine groups is 3. The molecule has 0 saturated carbocycles. The lowest BCUT2D eigenvalue weighted by Gasteiger charge is -2.33. The van der Waals surface area contributed by atoms with E-state index in [1.165, 1.54) is 0 Å². The summed E-state index contributed by atoms with van der Waals surface area (Å²) >= 11 is 0. The van der Waals surface area contributed by atoms with Gasteiger partial charge in [-0.05, 0) is 57.9 Å². The average Bonchev–Trinajstić information content (AvgIpc) is 3.07. The predicted molar refractivity (Wildman–Crippen MR) is 127 cm³/mol. The summed E-state index contributed by atoms with van der Waals surface area (Å²) in [6.45, 7) is 8.12. The summed E-state index contributed by atoms with van der Waals surface area (Å²) in [5.74, 6) is 0.00239. The van der Waals surface area contributed by atoms with E-state index in [9.17, 15) is 14.7 Å². The molecule has 3 aliphatic rings. The number of ether oxygens (including phenoxy) is 1. The van der Waals surface area contributed by atoms with Gasteiger partial charge in [0.15, 0.2) is 6.35 Å². The van der Waals surface area contributed by atoms with Crippen molar-refractivity contribution in [3.63, 3.8) is 0 Å². The molecule has 4 rings (SSSR count). The number of aliphatic hydroxyl groups excluding tert-OH is 1. The second-order valence-corrected chi connectivity index (χ2v) is 10.6. The maximum absolute atomic E-state index is 12.8. The first-order valence-corrected chi connectivity index (χ1v) is 12.5. The van der Waals surface area contributed by atoms with Gasteiger partial charge in [0.05, 0.1) is 25.3 Å². The number of rotatable bonds is 7. The van der Waals surface area contributed by atoms with Crippen molar-refractivity contribution in [3.8, 4) is 0 Å². The van der Waals surface area contributed by atoms with E-state index in [0.717, 1.165) is 24.8 Å². The molecule has 0 spiro atoms. The van der Waals surface area contributed by atoms with Crippen LogP contribution in [0.1, 0.15) is 52.0 Å². The smallest absolute Gasteiger partial charge is 0.410 e. The number of hydrogen-bond donors (Lipinski definition) is 2. The van der Waals surface area contributed by atoms with Gasteiger partial charge in [0.25, 0.3) is 5.91 Å². The third kappa shape index (κ3) is 6.71. The number of likely N-dealkylation sites (tertiary alicyclic amines) is 1. The number of fused-ring (bicyclic) bond motifs is 2. The molecule has 3 aliphatic heterocycles. The molecular weight excluding hydrogens is 452 g/mol. The maximum Gasteiger partial charge on any atom is 0.410 e. The van der Waals surface area contributed by atoms with E-state index in [4.69, 9.17) is 14.4 Å². The molecule has 3 fully saturated rings. The van der Waals surface area contributed by atoms with E-state index >= 15 is 0 Å². The molecule has 0 aromatic heterocycles. The fourth-order valence-corrected chi connectivity index (χ4v) is 4.86. The van der Waals surface area contributed by atoms with Crippen molar-refractivity contribution in [2.45, 2.75) is 77.1 Å². The largest absolute Gasteiger partial charge is 0.444 e. The van der Waals surface area contributed by atoms with Crippen molar-refractivity contribution in [1.82, 2.24) is 20.3 Å². The molecule has 10 nitrogen and oxygen atoms in total. The molecule has 3 saturated heterocycles. The normalized spacial score (nSPS) is 27.6. The Hall–Kier alpha value is -2.24. The Balaban J connectivity index is 1.18. The summed E-state index contributed by atoms with van der Waals surface area (Å²) in [7, 11) is 0. The molecule has 35 heavy (non-hydrogen) atoms. The van der Waals surface area contributed by atoms with Crippen LogP contribution in [0.15, 0.2) is 30.3 Å². The Morgan fingerprint density at radius 3 is 2.49 bits per heavy atom. The topological polar surface area (TPSA) is 104 Å². The highest BCUT2D eigenvalue weighted by molar-refractivity contribution is 5.81. The van der Waals surface area contributed by atoms with E-state index in [0.29, 0.717) is 39.3 Å². The third-order valence-electron chi connectivity index (χ3n) is 6.76. The zero-order chi connectivity index (χ0) is 25.0. The summed E-state index contributed by atoms with van der Waals surface area (Å²) in [5, 5.41) is 12.4. The van der Waals surface area contributed by atoms with Crippen LogP contribution in [0.2, 0.25) is 0 Å². The first-order valence-electron chi connectivity index (χ1n) is 12.5. The van der Waals surface area contributed by atoms with Crippen LogP contribution in [-0.4, -0.2) is 82.2 Å². The molecule has 194 valence electrons. The van der Waals surface area contributed by atoms with Crippen LogP contribution in [-0.2, 0) is 25.8 Å². The number of benzene rings is 1. The predicted octanol–water partition coefficient (Wildman–Crippen LogP) is 2.24. The number of amides is 2. The van der Waals surface area contributed by atoms with E-state index in [2.05, 4.69) is 5.48 Å². The number of nitrogens with zero attached hydrogens (tertiary/aromatic N) is 3. The third-order valence-corrected chi connectivity index (χ3v) is 6.76. The van der Waals surface area contributed by atoms with E-state index in [-0.39, 0.29) is 24.0 Å². The van der Waals surface area contributed by atoms with Crippen LogP contribution in [0.5, 0.6) is 0 Å². The first kappa shape index (κ1) is 25.8. The van der Waals surface area contributed by atoms with Gasteiger partial charge in [0.1, 0.15) is 5.60 Å². The molecule has 3 heterocycles. The monoisotopic (exact) mass is 490 g/mol. The molecule has 1 aromatic carbocycles. The second kappa shape index (κ2) is 11.2. The van der Waals surface area contributed by atoms with Gasteiger partial charge in [-0.1, -0.05) is 30.3 Å². The Morgan fingerprint density at radius 2 is 1.80 bits per heavy atom. The van der Waals surface area contributed by atoms with Crippen molar-refractivity contribution in [3.05, 3.63) is 35.9 Å². The highest BCUT2D eigenvalue weighted by atomic mass is 16.7. The molecule has 2 N–H and O–H groups in total. The van der Waals surface area contributed by atoms with Gasteiger partial charge in [-0.2, -0.15) is 0 Å². The van der Waals surface area contributed by atoms with Crippen molar-refractivity contribution in [1.29, 1.82) is 0 Å². The van der Waals surface area contributed by atoms with Gasteiger partial charge in [0, 0.05) is 19.6 Å². The van der Waals surface area contributed by atoms with Crippen molar-refractivity contribution in [2.75, 3.05) is 26.2 Å². The second-order valence-electron chi connectivity index (χ2n) is 10.6. The van der Waals surface area contributed by atoms with Crippen LogP contribution in [0.3, 0.4) is 0 Å². The number of piperidine rings is 2. The summed E-state index contributed by atoms with van der Waals surface area (Å²) in [6.07, 6.45) is 1.70. The lowest BCUT2D eigenvalue weighted by Crippen LogP contribution is -2.51. The Bertz CT molecular complexity index is 855. The Labute approximate surface area is 207 Å². The van der Waals surface area contributed by atoms with Crippen molar-refractivity contribution >= 4 is 12.0 Å². The van der Waals surface area contributed by atoms with Gasteiger partial charge < -0.3 is 14.7 Å². The van der Waals surface area contributed by atoms with E-state index in [1.807, 2.05) is 51.1 Å². The first-order chi connectivity index (χ1) is 16.7. The SMILES string of the molecule is CC(C)(C)OC(=O)N1CCC(CONC(=O)[C@@H]2CC[C@@H]3CN2C(O)N3OCc2ccccc2)CC1. The fourth-order valence-electron chi connectivity index (χ4n) is 4.86. The quantitative estimate of drug-likeness (QED) is 0.561. The lowest BCUT2D eigenvalue weighted by molar-refractivity contribution is -0.265. The molecule has 4 atom stereocenters. The highest BCUT2D eigenvalue weighted by Gasteiger charge is 2.48. The fraction of sp³-hybridized carbons (Fsp3) is 0.680. The van der Waals surface area contributed by atoms with Crippen molar-refractivity contribution in [2.24, 2.45) is 5.92 Å². The molecule has 2 amide bonds. The number of nitrogens with one attached hydrogen (secondary N) is 1. The molecular formula is C25H38N4O6. The van der Waals surface area contributed by atoms with Gasteiger partial charge in [0.2, 0.25) is 0 Å². The molecule has 0 aliphatic carbocycles.